The second-order valence-electron chi connectivity index (χ2n) is 4.84. The van der Waals surface area contributed by atoms with Gasteiger partial charge in [0.15, 0.2) is 6.61 Å². The number of esters is 1. The Labute approximate surface area is 117 Å². The van der Waals surface area contributed by atoms with Crippen molar-refractivity contribution in [3.05, 3.63) is 23.2 Å². The lowest BCUT2D eigenvalue weighted by molar-refractivity contribution is -0.124. The van der Waals surface area contributed by atoms with E-state index in [9.17, 15) is 9.59 Å². The summed E-state index contributed by atoms with van der Waals surface area (Å²) in [6.07, 6.45) is 2.05. The zero-order chi connectivity index (χ0) is 14.5. The molecule has 1 aliphatic heterocycles. The lowest BCUT2D eigenvalue weighted by Crippen LogP contribution is -2.34. The number of nitrogens with one attached hydrogen (secondary N) is 1. The number of hydrogen-bond acceptors (Lipinski definition) is 5. The fourth-order valence-corrected chi connectivity index (χ4v) is 2.13. The fourth-order valence-electron chi connectivity index (χ4n) is 2.13. The standard InChI is InChI=1S/C14H19NO5/c1-9-6-12(10(2)20-9)14(17)19-8-13(16)15-7-11-4-3-5-18-11/h6,11H,3-5,7-8H2,1-2H3,(H,15,16). The molecule has 1 N–H and O–H groups in total. The van der Waals surface area contributed by atoms with Gasteiger partial charge in [0.1, 0.15) is 17.1 Å². The van der Waals surface area contributed by atoms with Crippen LogP contribution in [0.25, 0.3) is 0 Å². The molecule has 110 valence electrons. The van der Waals surface area contributed by atoms with Crippen LogP contribution >= 0.6 is 0 Å². The van der Waals surface area contributed by atoms with Crippen molar-refractivity contribution in [1.29, 1.82) is 0 Å². The van der Waals surface area contributed by atoms with Crippen LogP contribution in [0.15, 0.2) is 10.5 Å². The molecule has 0 aliphatic carbocycles. The van der Waals surface area contributed by atoms with Crippen molar-refractivity contribution in [3.63, 3.8) is 0 Å². The average Bonchev–Trinajstić information content (AvgIpc) is 3.03. The lowest BCUT2D eigenvalue weighted by Gasteiger charge is -2.10. The van der Waals surface area contributed by atoms with E-state index in [1.54, 1.807) is 19.9 Å². The van der Waals surface area contributed by atoms with Crippen molar-refractivity contribution in [2.75, 3.05) is 19.8 Å². The zero-order valence-electron chi connectivity index (χ0n) is 11.7. The van der Waals surface area contributed by atoms with Gasteiger partial charge in [-0.2, -0.15) is 0 Å². The topological polar surface area (TPSA) is 77.8 Å². The molecular weight excluding hydrogens is 262 g/mol. The number of rotatable bonds is 5. The molecule has 6 heteroatoms. The zero-order valence-corrected chi connectivity index (χ0v) is 11.7. The molecule has 20 heavy (non-hydrogen) atoms. The third-order valence-corrected chi connectivity index (χ3v) is 3.15. The molecule has 6 nitrogen and oxygen atoms in total. The van der Waals surface area contributed by atoms with Crippen molar-refractivity contribution in [2.24, 2.45) is 0 Å². The largest absolute Gasteiger partial charge is 0.466 e. The van der Waals surface area contributed by atoms with Gasteiger partial charge in [-0.1, -0.05) is 0 Å². The second kappa shape index (κ2) is 6.56. The molecule has 1 fully saturated rings. The van der Waals surface area contributed by atoms with Gasteiger partial charge in [0, 0.05) is 13.2 Å². The molecule has 0 spiro atoms. The number of ether oxygens (including phenoxy) is 2. The molecule has 1 aromatic rings. The highest BCUT2D eigenvalue weighted by molar-refractivity contribution is 5.92. The Morgan fingerprint density at radius 3 is 2.85 bits per heavy atom. The van der Waals surface area contributed by atoms with Gasteiger partial charge in [0.2, 0.25) is 0 Å². The summed E-state index contributed by atoms with van der Waals surface area (Å²) in [6.45, 7) is 4.34. The van der Waals surface area contributed by atoms with Crippen LogP contribution in [0.3, 0.4) is 0 Å². The summed E-state index contributed by atoms with van der Waals surface area (Å²) in [5.41, 5.74) is 0.356. The quantitative estimate of drug-likeness (QED) is 0.824. The third kappa shape index (κ3) is 3.84. The van der Waals surface area contributed by atoms with Crippen LogP contribution in [0.5, 0.6) is 0 Å². The minimum atomic E-state index is -0.549. The minimum Gasteiger partial charge on any atom is -0.466 e. The van der Waals surface area contributed by atoms with Gasteiger partial charge in [-0.3, -0.25) is 4.79 Å². The number of furan rings is 1. The first-order valence-corrected chi connectivity index (χ1v) is 6.68. The van der Waals surface area contributed by atoms with Crippen molar-refractivity contribution in [2.45, 2.75) is 32.8 Å². The second-order valence-corrected chi connectivity index (χ2v) is 4.84. The van der Waals surface area contributed by atoms with E-state index in [4.69, 9.17) is 13.9 Å². The Balaban J connectivity index is 1.72. The average molecular weight is 281 g/mol. The highest BCUT2D eigenvalue weighted by Crippen LogP contribution is 2.14. The maximum atomic E-state index is 11.8. The van der Waals surface area contributed by atoms with Gasteiger partial charge in [-0.25, -0.2) is 4.79 Å². The lowest BCUT2D eigenvalue weighted by atomic mass is 10.2. The van der Waals surface area contributed by atoms with Gasteiger partial charge in [-0.05, 0) is 32.8 Å². The number of carbonyl (C=O) groups is 2. The SMILES string of the molecule is Cc1cc(C(=O)OCC(=O)NCC2CCCO2)c(C)o1. The maximum absolute atomic E-state index is 11.8. The molecule has 1 saturated heterocycles. The summed E-state index contributed by atoms with van der Waals surface area (Å²) in [6, 6.07) is 1.60. The predicted octanol–water partition coefficient (Wildman–Crippen LogP) is 1.35. The van der Waals surface area contributed by atoms with Crippen molar-refractivity contribution in [3.8, 4) is 0 Å². The van der Waals surface area contributed by atoms with Crippen LogP contribution in [0.2, 0.25) is 0 Å². The summed E-state index contributed by atoms with van der Waals surface area (Å²) in [5, 5.41) is 2.69. The van der Waals surface area contributed by atoms with Gasteiger partial charge in [0.25, 0.3) is 5.91 Å². The van der Waals surface area contributed by atoms with Crippen LogP contribution in [0.1, 0.15) is 34.7 Å². The molecule has 0 radical (unpaired) electrons. The molecule has 1 unspecified atom stereocenters. The van der Waals surface area contributed by atoms with E-state index in [2.05, 4.69) is 5.32 Å². The summed E-state index contributed by atoms with van der Waals surface area (Å²) in [4.78, 5) is 23.3. The summed E-state index contributed by atoms with van der Waals surface area (Å²) >= 11 is 0. The summed E-state index contributed by atoms with van der Waals surface area (Å²) in [7, 11) is 0. The van der Waals surface area contributed by atoms with E-state index in [1.165, 1.54) is 0 Å². The van der Waals surface area contributed by atoms with Gasteiger partial charge < -0.3 is 19.2 Å². The smallest absolute Gasteiger partial charge is 0.342 e. The molecule has 2 rings (SSSR count). The van der Waals surface area contributed by atoms with E-state index >= 15 is 0 Å². The van der Waals surface area contributed by atoms with Crippen molar-refractivity contribution >= 4 is 11.9 Å². The van der Waals surface area contributed by atoms with Crippen LogP contribution in [-0.2, 0) is 14.3 Å². The van der Waals surface area contributed by atoms with Crippen molar-refractivity contribution < 1.29 is 23.5 Å². The van der Waals surface area contributed by atoms with Crippen LogP contribution in [0, 0.1) is 13.8 Å². The molecule has 1 amide bonds. The first-order chi connectivity index (χ1) is 9.56. The van der Waals surface area contributed by atoms with Crippen molar-refractivity contribution in [1.82, 2.24) is 5.32 Å². The maximum Gasteiger partial charge on any atom is 0.342 e. The van der Waals surface area contributed by atoms with Gasteiger partial charge in [-0.15, -0.1) is 0 Å². The number of aryl methyl sites for hydroxylation is 2. The van der Waals surface area contributed by atoms with Gasteiger partial charge in [0.05, 0.1) is 6.10 Å². The Morgan fingerprint density at radius 2 is 2.25 bits per heavy atom. The third-order valence-electron chi connectivity index (χ3n) is 3.15. The molecule has 1 atom stereocenters. The fraction of sp³-hybridized carbons (Fsp3) is 0.571. The summed E-state index contributed by atoms with van der Waals surface area (Å²) in [5.74, 6) is 0.253. The first-order valence-electron chi connectivity index (χ1n) is 6.68. The highest BCUT2D eigenvalue weighted by Gasteiger charge is 2.18. The van der Waals surface area contributed by atoms with Crippen LogP contribution < -0.4 is 5.32 Å². The Kier molecular flexibility index (Phi) is 4.79. The molecular formula is C14H19NO5. The van der Waals surface area contributed by atoms with E-state index in [1.807, 2.05) is 0 Å². The molecule has 0 saturated carbocycles. The van der Waals surface area contributed by atoms with E-state index in [0.717, 1.165) is 19.4 Å². The highest BCUT2D eigenvalue weighted by atomic mass is 16.5. The Hall–Kier alpha value is -1.82. The monoisotopic (exact) mass is 281 g/mol. The van der Waals surface area contributed by atoms with Crippen LogP contribution in [-0.4, -0.2) is 37.7 Å². The molecule has 0 aromatic carbocycles. The normalized spacial score (nSPS) is 18.0. The Morgan fingerprint density at radius 1 is 1.45 bits per heavy atom. The molecule has 0 bridgehead atoms. The van der Waals surface area contributed by atoms with E-state index in [-0.39, 0.29) is 18.6 Å². The number of carbonyl (C=O) groups excluding carboxylic acids is 2. The number of hydrogen-bond donors (Lipinski definition) is 1. The summed E-state index contributed by atoms with van der Waals surface area (Å²) < 4.78 is 15.6. The number of amides is 1. The minimum absolute atomic E-state index is 0.0772. The molecule has 2 heterocycles. The van der Waals surface area contributed by atoms with Gasteiger partial charge >= 0.3 is 5.97 Å². The Bertz CT molecular complexity index is 488. The first kappa shape index (κ1) is 14.6. The molecule has 1 aliphatic rings. The predicted molar refractivity (Wildman–Crippen MR) is 70.4 cm³/mol. The van der Waals surface area contributed by atoms with E-state index in [0.29, 0.717) is 23.6 Å². The van der Waals surface area contributed by atoms with Crippen LogP contribution in [0.4, 0.5) is 0 Å². The van der Waals surface area contributed by atoms with E-state index < -0.39 is 5.97 Å². The molecule has 1 aromatic heterocycles.